The Kier molecular flexibility index (Phi) is 5.24. The molecule has 3 fully saturated rings. The fourth-order valence-electron chi connectivity index (χ4n) is 4.21. The third-order valence-electron chi connectivity index (χ3n) is 5.65. The van der Waals surface area contributed by atoms with Crippen LogP contribution >= 0.6 is 0 Å². The van der Waals surface area contributed by atoms with Crippen LogP contribution in [0.4, 0.5) is 18.0 Å². The molecular weight excluding hydrogens is 323 g/mol. The molecule has 0 aromatic carbocycles. The summed E-state index contributed by atoms with van der Waals surface area (Å²) in [6.45, 7) is 2.31. The molecule has 2 heterocycles. The first-order chi connectivity index (χ1) is 11.4. The number of likely N-dealkylation sites (tertiary alicyclic amines) is 1. The topological polar surface area (TPSA) is 44.8 Å². The van der Waals surface area contributed by atoms with Crippen LogP contribution in [0.3, 0.4) is 0 Å². The molecule has 1 N–H and O–H groups in total. The van der Waals surface area contributed by atoms with E-state index in [9.17, 15) is 18.0 Å². The maximum atomic E-state index is 13.4. The molecule has 0 unspecified atom stereocenters. The summed E-state index contributed by atoms with van der Waals surface area (Å²) in [7, 11) is 1.97. The van der Waals surface area contributed by atoms with Gasteiger partial charge in [0.1, 0.15) is 6.04 Å². The number of nitrogens with zero attached hydrogens (tertiary/aromatic N) is 2. The average molecular weight is 349 g/mol. The van der Waals surface area contributed by atoms with Gasteiger partial charge in [-0.15, -0.1) is 0 Å². The molecule has 5 nitrogen and oxygen atoms in total. The van der Waals surface area contributed by atoms with Gasteiger partial charge < -0.3 is 15.0 Å². The lowest BCUT2D eigenvalue weighted by atomic mass is 9.97. The number of hydrogen-bond acceptors (Lipinski definition) is 3. The molecule has 3 rings (SSSR count). The number of likely N-dealkylation sites (N-methyl/N-ethyl adjacent to an activating group) is 1. The minimum Gasteiger partial charge on any atom is -0.375 e. The fraction of sp³-hybridized carbons (Fsp3) is 0.938. The highest BCUT2D eigenvalue weighted by molar-refractivity contribution is 5.75. The lowest BCUT2D eigenvalue weighted by Crippen LogP contribution is -2.62. The Balaban J connectivity index is 1.62. The number of fused-ring (bicyclic) bond motifs is 1. The van der Waals surface area contributed by atoms with Gasteiger partial charge in [0, 0.05) is 19.6 Å². The third kappa shape index (κ3) is 3.79. The van der Waals surface area contributed by atoms with Crippen LogP contribution < -0.4 is 5.32 Å². The molecule has 0 spiro atoms. The van der Waals surface area contributed by atoms with Gasteiger partial charge in [-0.25, -0.2) is 4.79 Å². The quantitative estimate of drug-likeness (QED) is 0.831. The minimum absolute atomic E-state index is 0.0640. The van der Waals surface area contributed by atoms with Crippen molar-refractivity contribution in [1.82, 2.24) is 15.1 Å². The van der Waals surface area contributed by atoms with Crippen molar-refractivity contribution in [3.8, 4) is 0 Å². The predicted octanol–water partition coefficient (Wildman–Crippen LogP) is 2.22. The molecule has 1 aliphatic carbocycles. The summed E-state index contributed by atoms with van der Waals surface area (Å²) in [6, 6.07) is -2.26. The number of ether oxygens (including phenoxy) is 1. The van der Waals surface area contributed by atoms with E-state index in [1.165, 1.54) is 4.90 Å². The van der Waals surface area contributed by atoms with E-state index in [1.807, 2.05) is 7.05 Å². The average Bonchev–Trinajstić information content (AvgIpc) is 3.05. The SMILES string of the molecule is CN1CCO[C@@H]2CCN(C(=O)N[C@@H](C3CCCC3)C(F)(F)F)C[C@@H]21. The highest BCUT2D eigenvalue weighted by Gasteiger charge is 2.47. The van der Waals surface area contributed by atoms with E-state index in [0.29, 0.717) is 39.0 Å². The first-order valence-electron chi connectivity index (χ1n) is 8.80. The van der Waals surface area contributed by atoms with E-state index in [4.69, 9.17) is 4.74 Å². The molecule has 0 bridgehead atoms. The summed E-state index contributed by atoms with van der Waals surface area (Å²) in [5, 5.41) is 2.28. The van der Waals surface area contributed by atoms with Crippen LogP contribution in [0.5, 0.6) is 0 Å². The molecule has 138 valence electrons. The van der Waals surface area contributed by atoms with Crippen LogP contribution in [-0.4, -0.2) is 73.5 Å². The maximum absolute atomic E-state index is 13.4. The first kappa shape index (κ1) is 17.8. The van der Waals surface area contributed by atoms with Crippen LogP contribution in [0.15, 0.2) is 0 Å². The van der Waals surface area contributed by atoms with Gasteiger partial charge in [0.05, 0.1) is 18.8 Å². The van der Waals surface area contributed by atoms with Crippen LogP contribution in [0.2, 0.25) is 0 Å². The molecule has 8 heteroatoms. The van der Waals surface area contributed by atoms with Gasteiger partial charge in [0.15, 0.2) is 0 Å². The standard InChI is InChI=1S/C16H26F3N3O2/c1-21-8-9-24-13-6-7-22(10-12(13)21)15(23)20-14(16(17,18)19)11-4-2-3-5-11/h11-14H,2-10H2,1H3,(H,20,23)/t12-,13+,14-/m0/s1. The van der Waals surface area contributed by atoms with Crippen molar-refractivity contribution < 1.29 is 22.7 Å². The van der Waals surface area contributed by atoms with E-state index >= 15 is 0 Å². The molecule has 0 aromatic rings. The van der Waals surface area contributed by atoms with Crippen LogP contribution in [0.1, 0.15) is 32.1 Å². The smallest absolute Gasteiger partial charge is 0.375 e. The highest BCUT2D eigenvalue weighted by Crippen LogP contribution is 2.36. The van der Waals surface area contributed by atoms with E-state index in [1.54, 1.807) is 0 Å². The number of nitrogens with one attached hydrogen (secondary N) is 1. The van der Waals surface area contributed by atoms with Gasteiger partial charge in [-0.05, 0) is 32.2 Å². The van der Waals surface area contributed by atoms with Gasteiger partial charge in [-0.2, -0.15) is 13.2 Å². The van der Waals surface area contributed by atoms with Crippen molar-refractivity contribution in [2.24, 2.45) is 5.92 Å². The van der Waals surface area contributed by atoms with Crippen molar-refractivity contribution in [3.05, 3.63) is 0 Å². The Morgan fingerprint density at radius 3 is 2.58 bits per heavy atom. The van der Waals surface area contributed by atoms with Gasteiger partial charge in [0.2, 0.25) is 0 Å². The number of urea groups is 1. The zero-order valence-electron chi connectivity index (χ0n) is 14.0. The number of rotatable bonds is 2. The van der Waals surface area contributed by atoms with Gasteiger partial charge in [0.25, 0.3) is 0 Å². The molecule has 3 aliphatic rings. The number of piperidine rings is 1. The molecule has 0 aromatic heterocycles. The number of morpholine rings is 1. The fourth-order valence-corrected chi connectivity index (χ4v) is 4.21. The van der Waals surface area contributed by atoms with Crippen molar-refractivity contribution in [2.45, 2.75) is 56.5 Å². The minimum atomic E-state index is -4.40. The number of alkyl halides is 3. The summed E-state index contributed by atoms with van der Waals surface area (Å²) >= 11 is 0. The Labute approximate surface area is 140 Å². The van der Waals surface area contributed by atoms with Crippen LogP contribution in [0.25, 0.3) is 0 Å². The Morgan fingerprint density at radius 1 is 1.21 bits per heavy atom. The monoisotopic (exact) mass is 349 g/mol. The third-order valence-corrected chi connectivity index (χ3v) is 5.65. The number of carbonyl (C=O) groups excluding carboxylic acids is 1. The second-order valence-electron chi connectivity index (χ2n) is 7.21. The zero-order chi connectivity index (χ0) is 17.3. The lowest BCUT2D eigenvalue weighted by molar-refractivity contribution is -0.165. The Morgan fingerprint density at radius 2 is 1.92 bits per heavy atom. The highest BCUT2D eigenvalue weighted by atomic mass is 19.4. The maximum Gasteiger partial charge on any atom is 0.408 e. The summed E-state index contributed by atoms with van der Waals surface area (Å²) in [5.74, 6) is -0.493. The largest absolute Gasteiger partial charge is 0.408 e. The molecule has 2 aliphatic heterocycles. The lowest BCUT2D eigenvalue weighted by Gasteiger charge is -2.46. The van der Waals surface area contributed by atoms with Crippen molar-refractivity contribution >= 4 is 6.03 Å². The van der Waals surface area contributed by atoms with Crippen LogP contribution in [0, 0.1) is 5.92 Å². The van der Waals surface area contributed by atoms with E-state index in [-0.39, 0.29) is 12.1 Å². The number of carbonyl (C=O) groups is 1. The van der Waals surface area contributed by atoms with Crippen molar-refractivity contribution in [1.29, 1.82) is 0 Å². The molecule has 24 heavy (non-hydrogen) atoms. The number of hydrogen-bond donors (Lipinski definition) is 1. The second-order valence-corrected chi connectivity index (χ2v) is 7.21. The summed E-state index contributed by atoms with van der Waals surface area (Å²) in [5.41, 5.74) is 0. The molecular formula is C16H26F3N3O2. The molecule has 2 amide bonds. The Hall–Kier alpha value is -1.02. The molecule has 2 saturated heterocycles. The van der Waals surface area contributed by atoms with E-state index in [0.717, 1.165) is 19.4 Å². The zero-order valence-corrected chi connectivity index (χ0v) is 14.0. The number of halogens is 3. The van der Waals surface area contributed by atoms with Crippen molar-refractivity contribution in [2.75, 3.05) is 33.3 Å². The summed E-state index contributed by atoms with van der Waals surface area (Å²) in [4.78, 5) is 16.1. The van der Waals surface area contributed by atoms with Crippen LogP contribution in [-0.2, 0) is 4.74 Å². The van der Waals surface area contributed by atoms with Gasteiger partial charge in [-0.1, -0.05) is 12.8 Å². The van der Waals surface area contributed by atoms with Gasteiger partial charge >= 0.3 is 12.2 Å². The van der Waals surface area contributed by atoms with E-state index in [2.05, 4.69) is 10.2 Å². The molecule has 3 atom stereocenters. The molecule has 0 radical (unpaired) electrons. The number of amides is 2. The Bertz CT molecular complexity index is 454. The first-order valence-corrected chi connectivity index (χ1v) is 8.80. The van der Waals surface area contributed by atoms with Gasteiger partial charge in [-0.3, -0.25) is 4.90 Å². The predicted molar refractivity (Wildman–Crippen MR) is 82.7 cm³/mol. The van der Waals surface area contributed by atoms with E-state index < -0.39 is 24.2 Å². The van der Waals surface area contributed by atoms with Crippen molar-refractivity contribution in [3.63, 3.8) is 0 Å². The molecule has 1 saturated carbocycles. The summed E-state index contributed by atoms with van der Waals surface area (Å²) in [6.07, 6.45) is -0.972. The summed E-state index contributed by atoms with van der Waals surface area (Å²) < 4.78 is 45.8. The second kappa shape index (κ2) is 7.07. The normalized spacial score (nSPS) is 30.9.